The summed E-state index contributed by atoms with van der Waals surface area (Å²) in [6, 6.07) is 4.89. The lowest BCUT2D eigenvalue weighted by molar-refractivity contribution is -0.143. The average Bonchev–Trinajstić information content (AvgIpc) is 2.83. The number of hydrogen-bond donors (Lipinski definition) is 1. The fraction of sp³-hybridized carbons (Fsp3) is 0.391. The molecule has 0 spiro atoms. The Kier molecular flexibility index (Phi) is 6.99. The van der Waals surface area contributed by atoms with E-state index in [1.54, 1.807) is 26.1 Å². The number of piperazine rings is 1. The van der Waals surface area contributed by atoms with Gasteiger partial charge in [0.05, 0.1) is 23.3 Å². The SMILES string of the molecule is Cc1nc(N[C@H](C)c2cccc(C(F)F)c2F)c2cc(N3CCN(C(=O)C(F)F)CC3)ncc2n1. The molecule has 0 radical (unpaired) electrons. The molecule has 0 aliphatic carbocycles. The highest BCUT2D eigenvalue weighted by molar-refractivity contribution is 5.90. The van der Waals surface area contributed by atoms with Gasteiger partial charge < -0.3 is 15.1 Å². The number of fused-ring (bicyclic) bond motifs is 1. The Labute approximate surface area is 198 Å². The molecule has 1 atom stereocenters. The van der Waals surface area contributed by atoms with E-state index in [9.17, 15) is 26.7 Å². The molecule has 1 aliphatic rings. The van der Waals surface area contributed by atoms with E-state index in [0.29, 0.717) is 41.5 Å². The number of nitrogens with zero attached hydrogens (tertiary/aromatic N) is 5. The third-order valence-corrected chi connectivity index (χ3v) is 5.89. The Morgan fingerprint density at radius 2 is 1.74 bits per heavy atom. The molecule has 1 aromatic carbocycles. The third kappa shape index (κ3) is 5.10. The van der Waals surface area contributed by atoms with Gasteiger partial charge in [-0.05, 0) is 19.9 Å². The average molecular weight is 494 g/mol. The number of benzene rings is 1. The molecule has 0 bridgehead atoms. The van der Waals surface area contributed by atoms with E-state index >= 15 is 0 Å². The Morgan fingerprint density at radius 1 is 1.06 bits per heavy atom. The summed E-state index contributed by atoms with van der Waals surface area (Å²) in [7, 11) is 0. The summed E-state index contributed by atoms with van der Waals surface area (Å²) in [6.07, 6.45) is -4.43. The third-order valence-electron chi connectivity index (χ3n) is 5.89. The molecule has 1 aliphatic heterocycles. The van der Waals surface area contributed by atoms with E-state index in [1.807, 2.05) is 4.90 Å². The number of rotatable bonds is 6. The zero-order valence-electron chi connectivity index (χ0n) is 19.0. The molecule has 1 amide bonds. The molecule has 0 unspecified atom stereocenters. The molecule has 4 rings (SSSR count). The van der Waals surface area contributed by atoms with Crippen LogP contribution in [-0.4, -0.2) is 58.4 Å². The fourth-order valence-corrected chi connectivity index (χ4v) is 4.07. The maximum Gasteiger partial charge on any atom is 0.315 e. The van der Waals surface area contributed by atoms with Crippen LogP contribution in [0.4, 0.5) is 33.6 Å². The van der Waals surface area contributed by atoms with Crippen LogP contribution in [0.1, 0.15) is 36.3 Å². The second-order valence-electron chi connectivity index (χ2n) is 8.21. The van der Waals surface area contributed by atoms with Gasteiger partial charge in [-0.25, -0.2) is 28.1 Å². The van der Waals surface area contributed by atoms with E-state index in [-0.39, 0.29) is 18.7 Å². The van der Waals surface area contributed by atoms with Gasteiger partial charge in [-0.3, -0.25) is 4.79 Å². The normalized spacial score (nSPS) is 15.2. The highest BCUT2D eigenvalue weighted by Crippen LogP contribution is 2.31. The minimum absolute atomic E-state index is 0.0707. The first kappa shape index (κ1) is 24.6. The van der Waals surface area contributed by atoms with Crippen molar-refractivity contribution < 1.29 is 26.7 Å². The Bertz CT molecular complexity index is 1230. The number of amides is 1. The van der Waals surface area contributed by atoms with E-state index in [1.165, 1.54) is 12.1 Å². The Morgan fingerprint density at radius 3 is 2.40 bits per heavy atom. The lowest BCUT2D eigenvalue weighted by atomic mass is 10.0. The zero-order valence-corrected chi connectivity index (χ0v) is 19.0. The molecule has 1 fully saturated rings. The molecular weight excluding hydrogens is 471 g/mol. The number of aryl methyl sites for hydroxylation is 1. The van der Waals surface area contributed by atoms with Gasteiger partial charge in [0, 0.05) is 37.1 Å². The molecule has 35 heavy (non-hydrogen) atoms. The Hall–Kier alpha value is -3.57. The standard InChI is InChI=1S/C23H23F5N6O/c1-12(14-4-3-5-15(19(14)24)20(25)26)30-22-16-10-18(29-11-17(16)31-13(2)32-22)33-6-8-34(9-7-33)23(35)21(27)28/h3-5,10-12,20-21H,6-9H2,1-2H3,(H,30,31,32)/t12-/m1/s1. The molecule has 7 nitrogen and oxygen atoms in total. The fourth-order valence-electron chi connectivity index (χ4n) is 4.07. The number of carbonyl (C=O) groups is 1. The second-order valence-corrected chi connectivity index (χ2v) is 8.21. The molecule has 186 valence electrons. The van der Waals surface area contributed by atoms with Crippen LogP contribution >= 0.6 is 0 Å². The number of anilines is 2. The van der Waals surface area contributed by atoms with Gasteiger partial charge in [-0.1, -0.05) is 18.2 Å². The van der Waals surface area contributed by atoms with Crippen LogP contribution in [0, 0.1) is 12.7 Å². The van der Waals surface area contributed by atoms with Crippen LogP contribution in [0.3, 0.4) is 0 Å². The summed E-state index contributed by atoms with van der Waals surface area (Å²) in [6.45, 7) is 4.21. The molecule has 1 N–H and O–H groups in total. The summed E-state index contributed by atoms with van der Waals surface area (Å²) in [4.78, 5) is 27.7. The van der Waals surface area contributed by atoms with E-state index in [2.05, 4.69) is 20.3 Å². The lowest BCUT2D eigenvalue weighted by Gasteiger charge is -2.35. The quantitative estimate of drug-likeness (QED) is 0.509. The summed E-state index contributed by atoms with van der Waals surface area (Å²) in [5.41, 5.74) is -0.0820. The topological polar surface area (TPSA) is 74.2 Å². The summed E-state index contributed by atoms with van der Waals surface area (Å²) < 4.78 is 66.3. The van der Waals surface area contributed by atoms with Crippen molar-refractivity contribution in [2.24, 2.45) is 0 Å². The van der Waals surface area contributed by atoms with Crippen molar-refractivity contribution in [3.63, 3.8) is 0 Å². The summed E-state index contributed by atoms with van der Waals surface area (Å²) >= 11 is 0. The van der Waals surface area contributed by atoms with Gasteiger partial charge in [-0.2, -0.15) is 8.78 Å². The number of halogens is 5. The first-order valence-electron chi connectivity index (χ1n) is 10.9. The summed E-state index contributed by atoms with van der Waals surface area (Å²) in [5.74, 6) is -0.824. The lowest BCUT2D eigenvalue weighted by Crippen LogP contribution is -2.50. The molecule has 1 saturated heterocycles. The highest BCUT2D eigenvalue weighted by atomic mass is 19.3. The van der Waals surface area contributed by atoms with Crippen molar-refractivity contribution in [1.82, 2.24) is 19.9 Å². The first-order valence-corrected chi connectivity index (χ1v) is 10.9. The molecular formula is C23H23F5N6O. The molecule has 2 aromatic heterocycles. The summed E-state index contributed by atoms with van der Waals surface area (Å²) in [5, 5.41) is 3.67. The van der Waals surface area contributed by atoms with Gasteiger partial charge >= 0.3 is 6.43 Å². The number of alkyl halides is 4. The molecule has 3 heterocycles. The smallest absolute Gasteiger partial charge is 0.315 e. The maximum absolute atomic E-state index is 14.7. The van der Waals surface area contributed by atoms with Crippen LogP contribution in [-0.2, 0) is 4.79 Å². The highest BCUT2D eigenvalue weighted by Gasteiger charge is 2.28. The van der Waals surface area contributed by atoms with Gasteiger partial charge in [-0.15, -0.1) is 0 Å². The molecule has 3 aromatic rings. The Balaban J connectivity index is 1.60. The number of carbonyl (C=O) groups excluding carboxylic acids is 1. The van der Waals surface area contributed by atoms with Crippen molar-refractivity contribution in [2.75, 3.05) is 36.4 Å². The van der Waals surface area contributed by atoms with Crippen LogP contribution in [0.2, 0.25) is 0 Å². The largest absolute Gasteiger partial charge is 0.363 e. The van der Waals surface area contributed by atoms with Gasteiger partial charge in [0.15, 0.2) is 0 Å². The molecule has 12 heteroatoms. The van der Waals surface area contributed by atoms with E-state index < -0.39 is 36.2 Å². The predicted molar refractivity (Wildman–Crippen MR) is 120 cm³/mol. The number of nitrogens with one attached hydrogen (secondary N) is 1. The minimum Gasteiger partial charge on any atom is -0.363 e. The minimum atomic E-state index is -3.04. The van der Waals surface area contributed by atoms with Crippen LogP contribution in [0.5, 0.6) is 0 Å². The zero-order chi connectivity index (χ0) is 25.3. The number of hydrogen-bond acceptors (Lipinski definition) is 6. The van der Waals surface area contributed by atoms with Crippen LogP contribution in [0.15, 0.2) is 30.5 Å². The monoisotopic (exact) mass is 494 g/mol. The van der Waals surface area contributed by atoms with Crippen LogP contribution < -0.4 is 10.2 Å². The molecule has 0 saturated carbocycles. The number of aromatic nitrogens is 3. The van der Waals surface area contributed by atoms with Crippen molar-refractivity contribution >= 4 is 28.4 Å². The van der Waals surface area contributed by atoms with Gasteiger partial charge in [0.1, 0.15) is 23.3 Å². The van der Waals surface area contributed by atoms with Crippen molar-refractivity contribution in [3.05, 3.63) is 53.2 Å². The number of pyridine rings is 1. The van der Waals surface area contributed by atoms with Crippen molar-refractivity contribution in [1.29, 1.82) is 0 Å². The maximum atomic E-state index is 14.7. The van der Waals surface area contributed by atoms with Gasteiger partial charge in [0.2, 0.25) is 0 Å². The second kappa shape index (κ2) is 9.96. The van der Waals surface area contributed by atoms with E-state index in [0.717, 1.165) is 11.0 Å². The van der Waals surface area contributed by atoms with Crippen LogP contribution in [0.25, 0.3) is 10.9 Å². The van der Waals surface area contributed by atoms with Crippen molar-refractivity contribution in [3.8, 4) is 0 Å². The van der Waals surface area contributed by atoms with E-state index in [4.69, 9.17) is 0 Å². The predicted octanol–water partition coefficient (Wildman–Crippen LogP) is 4.50. The van der Waals surface area contributed by atoms with Gasteiger partial charge in [0.25, 0.3) is 12.3 Å². The van der Waals surface area contributed by atoms with Crippen molar-refractivity contribution in [2.45, 2.75) is 32.7 Å². The first-order chi connectivity index (χ1) is 16.7.